The van der Waals surface area contributed by atoms with Gasteiger partial charge in [0.25, 0.3) is 5.56 Å². The Labute approximate surface area is 240 Å². The Kier molecular flexibility index (Phi) is 7.62. The summed E-state index contributed by atoms with van der Waals surface area (Å²) in [6.07, 6.45) is 3.13. The summed E-state index contributed by atoms with van der Waals surface area (Å²) in [4.78, 5) is 35.2. The van der Waals surface area contributed by atoms with Crippen molar-refractivity contribution in [1.29, 1.82) is 5.26 Å². The molecule has 3 aromatic heterocycles. The summed E-state index contributed by atoms with van der Waals surface area (Å²) in [5.41, 5.74) is 1.81. The van der Waals surface area contributed by atoms with Crippen LogP contribution in [0.4, 0.5) is 10.1 Å². The molecule has 2 bridgehead atoms. The minimum Gasteiger partial charge on any atom is -0.472 e. The number of aromatic nitrogens is 5. The molecule has 0 fully saturated rings. The van der Waals surface area contributed by atoms with Crippen LogP contribution in [0.5, 0.6) is 11.9 Å². The molecular formula is C29H28FN7O5. The molecule has 13 heteroatoms. The van der Waals surface area contributed by atoms with E-state index in [0.717, 1.165) is 11.6 Å². The predicted octanol–water partition coefficient (Wildman–Crippen LogP) is 3.56. The van der Waals surface area contributed by atoms with E-state index in [4.69, 9.17) is 14.2 Å². The minimum atomic E-state index is -1.11. The maximum absolute atomic E-state index is 15.8. The van der Waals surface area contributed by atoms with Crippen LogP contribution in [-0.4, -0.2) is 50.6 Å². The van der Waals surface area contributed by atoms with E-state index in [2.05, 4.69) is 20.4 Å². The van der Waals surface area contributed by atoms with Crippen LogP contribution in [0.1, 0.15) is 64.2 Å². The van der Waals surface area contributed by atoms with Gasteiger partial charge in [-0.05, 0) is 36.6 Å². The van der Waals surface area contributed by atoms with Crippen LogP contribution in [0, 0.1) is 24.1 Å². The molecule has 1 atom stereocenters. The van der Waals surface area contributed by atoms with Gasteiger partial charge >= 0.3 is 12.0 Å². The molecule has 0 saturated heterocycles. The van der Waals surface area contributed by atoms with E-state index in [1.807, 2.05) is 26.8 Å². The van der Waals surface area contributed by atoms with Crippen LogP contribution >= 0.6 is 0 Å². The third-order valence-electron chi connectivity index (χ3n) is 6.73. The highest BCUT2D eigenvalue weighted by Gasteiger charge is 2.35. The number of carbonyl (C=O) groups is 1. The van der Waals surface area contributed by atoms with Crippen molar-refractivity contribution in [3.63, 3.8) is 0 Å². The molecule has 0 saturated carbocycles. The minimum absolute atomic E-state index is 0.00235. The number of aryl methyl sites for hydroxylation is 2. The number of esters is 1. The summed E-state index contributed by atoms with van der Waals surface area (Å²) in [5.74, 6) is -1.62. The highest BCUT2D eigenvalue weighted by Crippen LogP contribution is 2.39. The summed E-state index contributed by atoms with van der Waals surface area (Å²) in [6.45, 7) is 5.47. The first-order valence-electron chi connectivity index (χ1n) is 13.1. The van der Waals surface area contributed by atoms with E-state index in [-0.39, 0.29) is 64.7 Å². The number of halogens is 1. The van der Waals surface area contributed by atoms with Gasteiger partial charge in [0.05, 0.1) is 36.7 Å². The molecule has 12 nitrogen and oxygen atoms in total. The molecule has 0 spiro atoms. The first-order valence-corrected chi connectivity index (χ1v) is 13.1. The van der Waals surface area contributed by atoms with Crippen LogP contribution in [0.2, 0.25) is 0 Å². The Morgan fingerprint density at radius 1 is 1.19 bits per heavy atom. The van der Waals surface area contributed by atoms with E-state index >= 15 is 4.39 Å². The number of hydrogen-bond acceptors (Lipinski definition) is 10. The lowest BCUT2D eigenvalue weighted by Gasteiger charge is -2.24. The molecule has 4 aromatic rings. The molecule has 0 amide bonds. The number of fused-ring (bicyclic) bond motifs is 4. The number of hydrogen-bond donors (Lipinski definition) is 1. The predicted molar refractivity (Wildman–Crippen MR) is 149 cm³/mol. The second-order valence-electron chi connectivity index (χ2n) is 10.0. The second-order valence-corrected chi connectivity index (χ2v) is 10.0. The van der Waals surface area contributed by atoms with Crippen molar-refractivity contribution in [3.8, 4) is 23.6 Å². The van der Waals surface area contributed by atoms with E-state index in [1.165, 1.54) is 34.7 Å². The number of nitrogens with one attached hydrogen (secondary N) is 1. The number of methoxy groups -OCH3 is 1. The van der Waals surface area contributed by atoms with E-state index in [1.54, 1.807) is 19.3 Å². The maximum Gasteiger partial charge on any atom is 0.359 e. The van der Waals surface area contributed by atoms with Crippen LogP contribution in [-0.2, 0) is 11.8 Å². The maximum atomic E-state index is 15.8. The zero-order valence-electron chi connectivity index (χ0n) is 23.6. The zero-order valence-corrected chi connectivity index (χ0v) is 23.6. The van der Waals surface area contributed by atoms with Gasteiger partial charge in [-0.1, -0.05) is 19.9 Å². The normalized spacial score (nSPS) is 13.4. The lowest BCUT2D eigenvalue weighted by molar-refractivity contribution is 0.0435. The average molecular weight is 574 g/mol. The number of ether oxygens (including phenoxy) is 3. The highest BCUT2D eigenvalue weighted by atomic mass is 19.1. The number of nitrogens with zero attached hydrogens (tertiary/aromatic N) is 6. The molecule has 1 unspecified atom stereocenters. The van der Waals surface area contributed by atoms with Gasteiger partial charge in [0.15, 0.2) is 5.69 Å². The van der Waals surface area contributed by atoms with Gasteiger partial charge in [0.2, 0.25) is 5.88 Å². The summed E-state index contributed by atoms with van der Waals surface area (Å²) in [6, 6.07) is 6.56. The number of cyclic esters (lactones) is 1. The fourth-order valence-electron chi connectivity index (χ4n) is 4.93. The average Bonchev–Trinajstić information content (AvgIpc) is 3.36. The third kappa shape index (κ3) is 5.14. The quantitative estimate of drug-likeness (QED) is 0.340. The second kappa shape index (κ2) is 11.3. The van der Waals surface area contributed by atoms with E-state index in [9.17, 15) is 14.9 Å². The fraction of sp³-hybridized carbons (Fsp3) is 0.310. The Balaban J connectivity index is 1.84. The first kappa shape index (κ1) is 28.3. The molecule has 0 radical (unpaired) electrons. The third-order valence-corrected chi connectivity index (χ3v) is 6.73. The SMILES string of the molecule is COc1ncc2c(n1)OCCOC(=O)c1nn-2c(C(C)C)c1C(Nc1cc(C)cn(C)c1=O)c1ccc(C#N)cc1F. The van der Waals surface area contributed by atoms with Gasteiger partial charge in [-0.15, -0.1) is 0 Å². The molecule has 1 N–H and O–H groups in total. The Hall–Kier alpha value is -5.25. The Bertz CT molecular complexity index is 1790. The Morgan fingerprint density at radius 2 is 1.95 bits per heavy atom. The molecule has 1 aliphatic rings. The van der Waals surface area contributed by atoms with Gasteiger partial charge in [0, 0.05) is 24.4 Å². The number of nitriles is 1. The van der Waals surface area contributed by atoms with Crippen molar-refractivity contribution in [3.05, 3.63) is 86.5 Å². The van der Waals surface area contributed by atoms with Gasteiger partial charge in [0.1, 0.15) is 30.4 Å². The Morgan fingerprint density at radius 3 is 2.64 bits per heavy atom. The highest BCUT2D eigenvalue weighted by molar-refractivity contribution is 5.90. The number of pyridine rings is 1. The van der Waals surface area contributed by atoms with Crippen molar-refractivity contribution < 1.29 is 23.4 Å². The van der Waals surface area contributed by atoms with Crippen molar-refractivity contribution >= 4 is 11.7 Å². The standard InChI is InChI=1S/C29H28FN7O5/c1-15(2)25-22(24-28(39)42-9-8-41-26-21(37(25)35-24)13-32-29(34-26)40-5)23(18-7-6-17(12-31)11-19(18)30)33-20-10-16(3)14-36(4)27(20)38/h6-7,10-11,13-15,23,33H,8-9H2,1-5H3. The van der Waals surface area contributed by atoms with Gasteiger partial charge in [-0.25, -0.2) is 18.9 Å². The monoisotopic (exact) mass is 573 g/mol. The molecule has 1 aliphatic heterocycles. The molecule has 216 valence electrons. The van der Waals surface area contributed by atoms with Crippen LogP contribution in [0.3, 0.4) is 0 Å². The summed E-state index contributed by atoms with van der Waals surface area (Å²) in [5, 5.41) is 17.2. The van der Waals surface area contributed by atoms with Crippen LogP contribution in [0.15, 0.2) is 41.5 Å². The van der Waals surface area contributed by atoms with Crippen molar-refractivity contribution in [2.45, 2.75) is 32.7 Å². The van der Waals surface area contributed by atoms with Gasteiger partial charge < -0.3 is 24.1 Å². The van der Waals surface area contributed by atoms with Crippen LogP contribution < -0.4 is 20.3 Å². The van der Waals surface area contributed by atoms with Crippen LogP contribution in [0.25, 0.3) is 5.69 Å². The van der Waals surface area contributed by atoms with Crippen molar-refractivity contribution in [2.24, 2.45) is 7.05 Å². The van der Waals surface area contributed by atoms with Crippen molar-refractivity contribution in [1.82, 2.24) is 24.3 Å². The van der Waals surface area contributed by atoms with Gasteiger partial charge in [-0.2, -0.15) is 15.3 Å². The summed E-state index contributed by atoms with van der Waals surface area (Å²) < 4.78 is 35.1. The van der Waals surface area contributed by atoms with E-state index in [0.29, 0.717) is 11.4 Å². The number of carbonyl (C=O) groups excluding carboxylic acids is 1. The molecule has 5 rings (SSSR count). The lowest BCUT2D eigenvalue weighted by atomic mass is 9.91. The molecule has 0 aliphatic carbocycles. The fourth-order valence-corrected chi connectivity index (χ4v) is 4.93. The lowest BCUT2D eigenvalue weighted by Crippen LogP contribution is -2.26. The van der Waals surface area contributed by atoms with E-state index < -0.39 is 17.8 Å². The first-order chi connectivity index (χ1) is 20.1. The summed E-state index contributed by atoms with van der Waals surface area (Å²) in [7, 11) is 3.03. The number of rotatable bonds is 6. The number of anilines is 1. The molecule has 42 heavy (non-hydrogen) atoms. The molecular weight excluding hydrogens is 545 g/mol. The largest absolute Gasteiger partial charge is 0.472 e. The molecule has 4 heterocycles. The zero-order chi connectivity index (χ0) is 30.1. The summed E-state index contributed by atoms with van der Waals surface area (Å²) >= 11 is 0. The molecule has 1 aromatic carbocycles. The topological polar surface area (TPSA) is 146 Å². The van der Waals surface area contributed by atoms with Crippen molar-refractivity contribution in [2.75, 3.05) is 25.6 Å². The number of benzene rings is 1. The van der Waals surface area contributed by atoms with Gasteiger partial charge in [-0.3, -0.25) is 4.79 Å². The smallest absolute Gasteiger partial charge is 0.359 e.